The first kappa shape index (κ1) is 14.0. The van der Waals surface area contributed by atoms with Gasteiger partial charge in [-0.1, -0.05) is 24.7 Å². The van der Waals surface area contributed by atoms with Crippen molar-refractivity contribution in [2.24, 2.45) is 0 Å². The summed E-state index contributed by atoms with van der Waals surface area (Å²) in [5.41, 5.74) is 3.78. The number of nitro benzene ring substituents is 1. The standard InChI is InChI=1S/C13H13N3O3Si/c1-20(2,3)9-8-12-14-15-13(19-12)10-4-6-11(7-5-10)16(17)18/h4-7H,1-3H3. The van der Waals surface area contributed by atoms with Crippen molar-refractivity contribution in [2.75, 3.05) is 0 Å². The van der Waals surface area contributed by atoms with Crippen LogP contribution in [0, 0.1) is 21.6 Å². The van der Waals surface area contributed by atoms with Crippen molar-refractivity contribution >= 4 is 13.8 Å². The molecule has 2 aromatic rings. The molecule has 6 nitrogen and oxygen atoms in total. The summed E-state index contributed by atoms with van der Waals surface area (Å²) < 4.78 is 5.42. The highest BCUT2D eigenvalue weighted by Crippen LogP contribution is 2.20. The molecule has 0 aliphatic rings. The van der Waals surface area contributed by atoms with Crippen molar-refractivity contribution in [3.8, 4) is 22.9 Å². The number of benzene rings is 1. The van der Waals surface area contributed by atoms with Crippen molar-refractivity contribution in [3.63, 3.8) is 0 Å². The molecule has 0 N–H and O–H groups in total. The van der Waals surface area contributed by atoms with Crippen LogP contribution in [0.1, 0.15) is 5.89 Å². The summed E-state index contributed by atoms with van der Waals surface area (Å²) in [4.78, 5) is 10.1. The Kier molecular flexibility index (Phi) is 3.67. The van der Waals surface area contributed by atoms with E-state index in [9.17, 15) is 10.1 Å². The maximum absolute atomic E-state index is 10.6. The zero-order valence-electron chi connectivity index (χ0n) is 11.4. The fraction of sp³-hybridized carbons (Fsp3) is 0.231. The zero-order valence-corrected chi connectivity index (χ0v) is 12.4. The molecule has 2 rings (SSSR count). The predicted octanol–water partition coefficient (Wildman–Crippen LogP) is 2.87. The van der Waals surface area contributed by atoms with E-state index in [1.807, 2.05) is 0 Å². The van der Waals surface area contributed by atoms with Gasteiger partial charge in [0, 0.05) is 17.7 Å². The lowest BCUT2D eigenvalue weighted by molar-refractivity contribution is -0.384. The topological polar surface area (TPSA) is 82.1 Å². The zero-order chi connectivity index (χ0) is 14.8. The highest BCUT2D eigenvalue weighted by molar-refractivity contribution is 6.83. The van der Waals surface area contributed by atoms with Gasteiger partial charge in [0.2, 0.25) is 5.89 Å². The van der Waals surface area contributed by atoms with Gasteiger partial charge in [-0.3, -0.25) is 10.1 Å². The Morgan fingerprint density at radius 2 is 1.85 bits per heavy atom. The first-order chi connectivity index (χ1) is 9.35. The Hall–Kier alpha value is -2.46. The molecule has 0 saturated carbocycles. The molecule has 0 amide bonds. The predicted molar refractivity (Wildman–Crippen MR) is 76.6 cm³/mol. The van der Waals surface area contributed by atoms with Crippen LogP contribution in [-0.2, 0) is 0 Å². The van der Waals surface area contributed by atoms with E-state index in [0.717, 1.165) is 0 Å². The molecular weight excluding hydrogens is 274 g/mol. The Labute approximate surface area is 117 Å². The lowest BCUT2D eigenvalue weighted by atomic mass is 10.2. The molecule has 0 radical (unpaired) electrons. The molecule has 0 unspecified atom stereocenters. The van der Waals surface area contributed by atoms with Crippen molar-refractivity contribution in [2.45, 2.75) is 19.6 Å². The maximum Gasteiger partial charge on any atom is 0.293 e. The summed E-state index contributed by atoms with van der Waals surface area (Å²) in [6.07, 6.45) is 0. The van der Waals surface area contributed by atoms with E-state index in [2.05, 4.69) is 41.3 Å². The van der Waals surface area contributed by atoms with E-state index >= 15 is 0 Å². The summed E-state index contributed by atoms with van der Waals surface area (Å²) in [7, 11) is -1.49. The van der Waals surface area contributed by atoms with Crippen molar-refractivity contribution in [3.05, 3.63) is 40.3 Å². The summed E-state index contributed by atoms with van der Waals surface area (Å²) in [6.45, 7) is 6.36. The van der Waals surface area contributed by atoms with E-state index in [4.69, 9.17) is 4.42 Å². The second-order valence-corrected chi connectivity index (χ2v) is 9.97. The van der Waals surface area contributed by atoms with E-state index in [1.165, 1.54) is 12.1 Å². The minimum atomic E-state index is -1.49. The highest BCUT2D eigenvalue weighted by atomic mass is 28.3. The van der Waals surface area contributed by atoms with Gasteiger partial charge in [0.25, 0.3) is 11.6 Å². The van der Waals surface area contributed by atoms with E-state index in [1.54, 1.807) is 12.1 Å². The number of nitro groups is 1. The van der Waals surface area contributed by atoms with Crippen LogP contribution in [0.5, 0.6) is 0 Å². The van der Waals surface area contributed by atoms with Gasteiger partial charge in [0.1, 0.15) is 8.07 Å². The average Bonchev–Trinajstić information content (AvgIpc) is 2.84. The Bertz CT molecular complexity index is 690. The van der Waals surface area contributed by atoms with Gasteiger partial charge in [-0.25, -0.2) is 0 Å². The van der Waals surface area contributed by atoms with Gasteiger partial charge >= 0.3 is 0 Å². The number of hydrogen-bond acceptors (Lipinski definition) is 5. The molecule has 102 valence electrons. The third kappa shape index (κ3) is 3.52. The lowest BCUT2D eigenvalue weighted by Crippen LogP contribution is -2.16. The van der Waals surface area contributed by atoms with E-state index in [0.29, 0.717) is 11.5 Å². The third-order valence-electron chi connectivity index (χ3n) is 2.29. The van der Waals surface area contributed by atoms with Crippen molar-refractivity contribution < 1.29 is 9.34 Å². The summed E-state index contributed by atoms with van der Waals surface area (Å²) in [5, 5.41) is 18.3. The molecule has 1 aromatic heterocycles. The van der Waals surface area contributed by atoms with Gasteiger partial charge in [-0.2, -0.15) is 0 Å². The summed E-state index contributed by atoms with van der Waals surface area (Å²) in [5.74, 6) is 3.44. The molecule has 20 heavy (non-hydrogen) atoms. The molecule has 0 bridgehead atoms. The number of non-ortho nitro benzene ring substituents is 1. The van der Waals surface area contributed by atoms with Crippen molar-refractivity contribution in [1.29, 1.82) is 0 Å². The Morgan fingerprint density at radius 1 is 1.20 bits per heavy atom. The lowest BCUT2D eigenvalue weighted by Gasteiger charge is -2.01. The van der Waals surface area contributed by atoms with Crippen LogP contribution in [0.4, 0.5) is 5.69 Å². The van der Waals surface area contributed by atoms with E-state index in [-0.39, 0.29) is 11.6 Å². The second kappa shape index (κ2) is 5.26. The van der Waals surface area contributed by atoms with Crippen LogP contribution in [0.2, 0.25) is 19.6 Å². The van der Waals surface area contributed by atoms with Crippen LogP contribution in [-0.4, -0.2) is 23.2 Å². The first-order valence-corrected chi connectivity index (χ1v) is 9.47. The van der Waals surface area contributed by atoms with Gasteiger partial charge in [0.15, 0.2) is 0 Å². The number of aromatic nitrogens is 2. The van der Waals surface area contributed by atoms with Gasteiger partial charge in [-0.05, 0) is 18.1 Å². The first-order valence-electron chi connectivity index (χ1n) is 5.97. The Morgan fingerprint density at radius 3 is 2.40 bits per heavy atom. The van der Waals surface area contributed by atoms with Crippen LogP contribution < -0.4 is 0 Å². The fourth-order valence-electron chi connectivity index (χ4n) is 1.36. The normalized spacial score (nSPS) is 10.8. The fourth-order valence-corrected chi connectivity index (χ4v) is 1.84. The second-order valence-electron chi connectivity index (χ2n) is 5.22. The van der Waals surface area contributed by atoms with Crippen LogP contribution >= 0.6 is 0 Å². The molecule has 7 heteroatoms. The van der Waals surface area contributed by atoms with Gasteiger partial charge in [-0.15, -0.1) is 10.6 Å². The summed E-state index contributed by atoms with van der Waals surface area (Å²) in [6, 6.07) is 5.93. The van der Waals surface area contributed by atoms with Crippen LogP contribution in [0.15, 0.2) is 28.7 Å². The molecule has 0 fully saturated rings. The minimum absolute atomic E-state index is 0.0204. The molecule has 0 aliphatic carbocycles. The minimum Gasteiger partial charge on any atom is -0.410 e. The SMILES string of the molecule is C[Si](C)(C)C#Cc1nnc(-c2ccc([N+](=O)[O-])cc2)o1. The molecule has 0 atom stereocenters. The van der Waals surface area contributed by atoms with E-state index < -0.39 is 13.0 Å². The Balaban J connectivity index is 2.24. The molecular formula is C13H13N3O3Si. The van der Waals surface area contributed by atoms with Gasteiger partial charge < -0.3 is 4.42 Å². The molecule has 0 saturated heterocycles. The molecule has 1 aromatic carbocycles. The molecule has 1 heterocycles. The van der Waals surface area contributed by atoms with Gasteiger partial charge in [0.05, 0.1) is 4.92 Å². The van der Waals surface area contributed by atoms with Crippen LogP contribution in [0.3, 0.4) is 0 Å². The third-order valence-corrected chi connectivity index (χ3v) is 3.17. The average molecular weight is 287 g/mol. The number of rotatable bonds is 2. The number of hydrogen-bond donors (Lipinski definition) is 0. The largest absolute Gasteiger partial charge is 0.410 e. The monoisotopic (exact) mass is 287 g/mol. The van der Waals surface area contributed by atoms with Crippen molar-refractivity contribution in [1.82, 2.24) is 10.2 Å². The molecule has 0 spiro atoms. The summed E-state index contributed by atoms with van der Waals surface area (Å²) >= 11 is 0. The smallest absolute Gasteiger partial charge is 0.293 e. The molecule has 0 aliphatic heterocycles. The quantitative estimate of drug-likeness (QED) is 0.367. The maximum atomic E-state index is 10.6. The highest BCUT2D eigenvalue weighted by Gasteiger charge is 2.11. The van der Waals surface area contributed by atoms with Crippen LogP contribution in [0.25, 0.3) is 11.5 Å². The number of nitrogens with zero attached hydrogens (tertiary/aromatic N) is 3.